The fraction of sp³-hybridized carbons (Fsp3) is 1.00. The molecule has 74 valence electrons. The van der Waals surface area contributed by atoms with Crippen LogP contribution in [0.2, 0.25) is 0 Å². The van der Waals surface area contributed by atoms with Crippen molar-refractivity contribution in [3.8, 4) is 0 Å². The van der Waals surface area contributed by atoms with Gasteiger partial charge in [-0.2, -0.15) is 0 Å². The van der Waals surface area contributed by atoms with E-state index in [1.165, 1.54) is 0 Å². The van der Waals surface area contributed by atoms with Gasteiger partial charge in [0.15, 0.2) is 0 Å². The van der Waals surface area contributed by atoms with E-state index in [9.17, 15) is 4.21 Å². The van der Waals surface area contributed by atoms with Gasteiger partial charge in [0.25, 0.3) is 0 Å². The van der Waals surface area contributed by atoms with Crippen molar-refractivity contribution in [2.45, 2.75) is 57.1 Å². The first-order valence-electron chi connectivity index (χ1n) is 4.69. The molecule has 0 bridgehead atoms. The van der Waals surface area contributed by atoms with Crippen molar-refractivity contribution in [1.29, 1.82) is 0 Å². The number of rotatable bonds is 5. The summed E-state index contributed by atoms with van der Waals surface area (Å²) >= 11 is 0. The molecule has 0 aromatic carbocycles. The quantitative estimate of drug-likeness (QED) is 0.718. The Labute approximate surface area is 78.4 Å². The van der Waals surface area contributed by atoms with Crippen molar-refractivity contribution in [1.82, 2.24) is 0 Å². The topological polar surface area (TPSA) is 43.1 Å². The minimum Gasteiger partial charge on any atom is -0.327 e. The molecule has 0 aliphatic carbocycles. The van der Waals surface area contributed by atoms with Gasteiger partial charge < -0.3 is 5.73 Å². The molecule has 0 radical (unpaired) electrons. The van der Waals surface area contributed by atoms with Gasteiger partial charge in [-0.25, -0.2) is 0 Å². The highest BCUT2D eigenvalue weighted by Crippen LogP contribution is 2.10. The molecule has 12 heavy (non-hydrogen) atoms. The molecule has 2 N–H and O–H groups in total. The molecular weight excluding hydrogens is 170 g/mol. The number of hydrogen-bond acceptors (Lipinski definition) is 2. The van der Waals surface area contributed by atoms with Gasteiger partial charge in [0, 0.05) is 27.3 Å². The molecule has 0 aliphatic heterocycles. The van der Waals surface area contributed by atoms with E-state index in [1.807, 2.05) is 20.8 Å². The molecule has 0 aromatic heterocycles. The van der Waals surface area contributed by atoms with Crippen LogP contribution < -0.4 is 5.73 Å². The smallest absolute Gasteiger partial charge is 0.0473 e. The standard InChI is InChI=1S/C9H21NOS/c1-5-7(3)12(11)8(4)9(10)6-2/h7-9H,5-6,10H2,1-4H3. The van der Waals surface area contributed by atoms with Gasteiger partial charge in [-0.15, -0.1) is 0 Å². The second-order valence-electron chi connectivity index (χ2n) is 3.32. The summed E-state index contributed by atoms with van der Waals surface area (Å²) in [5.74, 6) is 0. The minimum absolute atomic E-state index is 0.0832. The van der Waals surface area contributed by atoms with Gasteiger partial charge in [0.2, 0.25) is 0 Å². The molecule has 0 aromatic rings. The lowest BCUT2D eigenvalue weighted by atomic mass is 10.2. The molecule has 3 heteroatoms. The molecule has 0 heterocycles. The zero-order valence-electron chi connectivity index (χ0n) is 8.54. The highest BCUT2D eigenvalue weighted by molar-refractivity contribution is 7.86. The van der Waals surface area contributed by atoms with Crippen molar-refractivity contribution in [2.75, 3.05) is 0 Å². The van der Waals surface area contributed by atoms with Crippen LogP contribution in [0.25, 0.3) is 0 Å². The van der Waals surface area contributed by atoms with Crippen molar-refractivity contribution >= 4 is 10.8 Å². The maximum absolute atomic E-state index is 11.7. The molecule has 0 saturated heterocycles. The fourth-order valence-corrected chi connectivity index (χ4v) is 2.63. The van der Waals surface area contributed by atoms with Crippen LogP contribution in [0.5, 0.6) is 0 Å². The average molecular weight is 191 g/mol. The lowest BCUT2D eigenvalue weighted by molar-refractivity contribution is 0.602. The Morgan fingerprint density at radius 1 is 1.25 bits per heavy atom. The van der Waals surface area contributed by atoms with E-state index in [4.69, 9.17) is 5.73 Å². The van der Waals surface area contributed by atoms with Crippen LogP contribution in [-0.4, -0.2) is 20.8 Å². The van der Waals surface area contributed by atoms with Gasteiger partial charge in [-0.05, 0) is 19.8 Å². The molecule has 0 amide bonds. The number of nitrogens with two attached hydrogens (primary N) is 1. The molecule has 0 rings (SSSR count). The Bertz CT molecular complexity index is 149. The zero-order chi connectivity index (χ0) is 9.72. The highest BCUT2D eigenvalue weighted by atomic mass is 32.2. The largest absolute Gasteiger partial charge is 0.327 e. The fourth-order valence-electron chi connectivity index (χ4n) is 1.03. The van der Waals surface area contributed by atoms with Crippen LogP contribution in [-0.2, 0) is 10.8 Å². The monoisotopic (exact) mass is 191 g/mol. The highest BCUT2D eigenvalue weighted by Gasteiger charge is 2.21. The van der Waals surface area contributed by atoms with Gasteiger partial charge in [0.05, 0.1) is 0 Å². The van der Waals surface area contributed by atoms with Gasteiger partial charge in [-0.3, -0.25) is 4.21 Å². The second-order valence-corrected chi connectivity index (χ2v) is 5.53. The van der Waals surface area contributed by atoms with Crippen molar-refractivity contribution in [3.63, 3.8) is 0 Å². The lowest BCUT2D eigenvalue weighted by Gasteiger charge is -2.20. The Balaban J connectivity index is 4.09. The third kappa shape index (κ3) is 3.23. The van der Waals surface area contributed by atoms with E-state index in [0.717, 1.165) is 12.8 Å². The third-order valence-corrected chi connectivity index (χ3v) is 4.62. The molecule has 0 aliphatic rings. The van der Waals surface area contributed by atoms with Gasteiger partial charge >= 0.3 is 0 Å². The Morgan fingerprint density at radius 2 is 1.75 bits per heavy atom. The van der Waals surface area contributed by atoms with E-state index in [1.54, 1.807) is 0 Å². The van der Waals surface area contributed by atoms with E-state index in [2.05, 4.69) is 6.92 Å². The summed E-state index contributed by atoms with van der Waals surface area (Å²) in [4.78, 5) is 0. The first-order valence-corrected chi connectivity index (χ1v) is 5.97. The summed E-state index contributed by atoms with van der Waals surface area (Å²) in [6, 6.07) is 0.0832. The summed E-state index contributed by atoms with van der Waals surface area (Å²) in [6.45, 7) is 8.10. The molecule has 0 saturated carbocycles. The number of hydrogen-bond donors (Lipinski definition) is 1. The molecule has 2 nitrogen and oxygen atoms in total. The molecule has 0 fully saturated rings. The van der Waals surface area contributed by atoms with Crippen LogP contribution in [0.4, 0.5) is 0 Å². The summed E-state index contributed by atoms with van der Waals surface area (Å²) < 4.78 is 11.7. The van der Waals surface area contributed by atoms with Crippen LogP contribution in [0.1, 0.15) is 40.5 Å². The Kier molecular flexibility index (Phi) is 5.76. The first-order chi connectivity index (χ1) is 5.54. The van der Waals surface area contributed by atoms with Crippen LogP contribution >= 0.6 is 0 Å². The van der Waals surface area contributed by atoms with Gasteiger partial charge in [-0.1, -0.05) is 20.8 Å². The summed E-state index contributed by atoms with van der Waals surface area (Å²) in [5, 5.41) is 0.405. The Morgan fingerprint density at radius 3 is 2.08 bits per heavy atom. The maximum Gasteiger partial charge on any atom is 0.0473 e. The molecule has 4 atom stereocenters. The summed E-state index contributed by atoms with van der Waals surface area (Å²) in [7, 11) is -0.765. The van der Waals surface area contributed by atoms with Crippen LogP contribution in [0.15, 0.2) is 0 Å². The zero-order valence-corrected chi connectivity index (χ0v) is 9.36. The third-order valence-electron chi connectivity index (χ3n) is 2.41. The van der Waals surface area contributed by atoms with Crippen LogP contribution in [0, 0.1) is 0 Å². The first kappa shape index (κ1) is 12.1. The van der Waals surface area contributed by atoms with E-state index in [0.29, 0.717) is 0 Å². The molecular formula is C9H21NOS. The lowest BCUT2D eigenvalue weighted by Crippen LogP contribution is -2.37. The van der Waals surface area contributed by atoms with Crippen molar-refractivity contribution in [2.24, 2.45) is 5.73 Å². The second kappa shape index (κ2) is 5.70. The Hall–Kier alpha value is 0.110. The predicted octanol–water partition coefficient (Wildman–Crippen LogP) is 1.66. The average Bonchev–Trinajstić information content (AvgIpc) is 2.12. The van der Waals surface area contributed by atoms with Crippen LogP contribution in [0.3, 0.4) is 0 Å². The maximum atomic E-state index is 11.7. The SMILES string of the molecule is CCC(N)C(C)S(=O)C(C)CC. The van der Waals surface area contributed by atoms with Crippen molar-refractivity contribution in [3.05, 3.63) is 0 Å². The molecule has 0 spiro atoms. The normalized spacial score (nSPS) is 21.4. The van der Waals surface area contributed by atoms with E-state index in [-0.39, 0.29) is 16.5 Å². The molecule has 4 unspecified atom stereocenters. The predicted molar refractivity (Wildman–Crippen MR) is 55.6 cm³/mol. The van der Waals surface area contributed by atoms with Crippen molar-refractivity contribution < 1.29 is 4.21 Å². The summed E-state index contributed by atoms with van der Waals surface area (Å²) in [6.07, 6.45) is 1.87. The van der Waals surface area contributed by atoms with E-state index >= 15 is 0 Å². The summed E-state index contributed by atoms with van der Waals surface area (Å²) in [5.41, 5.74) is 5.82. The van der Waals surface area contributed by atoms with E-state index < -0.39 is 10.8 Å². The minimum atomic E-state index is -0.765. The van der Waals surface area contributed by atoms with Gasteiger partial charge in [0.1, 0.15) is 0 Å².